The van der Waals surface area contributed by atoms with Crippen LogP contribution in [-0.2, 0) is 5.54 Å². The zero-order chi connectivity index (χ0) is 19.5. The highest BCUT2D eigenvalue weighted by Gasteiger charge is 2.44. The Balaban J connectivity index is 1.63. The molecule has 1 atom stereocenters. The van der Waals surface area contributed by atoms with Crippen LogP contribution in [0, 0.1) is 0 Å². The number of nitrogens with zero attached hydrogens (tertiary/aromatic N) is 3. The molecule has 3 aromatic rings. The summed E-state index contributed by atoms with van der Waals surface area (Å²) in [5.41, 5.74) is 6.45. The third kappa shape index (κ3) is 3.13. The van der Waals surface area contributed by atoms with Gasteiger partial charge in [-0.05, 0) is 24.1 Å². The van der Waals surface area contributed by atoms with Crippen LogP contribution in [0.5, 0.6) is 0 Å². The predicted octanol–water partition coefficient (Wildman–Crippen LogP) is 5.00. The predicted molar refractivity (Wildman–Crippen MR) is 118 cm³/mol. The van der Waals surface area contributed by atoms with Crippen molar-refractivity contribution in [3.8, 4) is 0 Å². The number of benzene rings is 3. The van der Waals surface area contributed by atoms with Crippen LogP contribution in [0.15, 0.2) is 120 Å². The lowest BCUT2D eigenvalue weighted by atomic mass is 9.84. The van der Waals surface area contributed by atoms with Crippen molar-refractivity contribution in [2.45, 2.75) is 12.0 Å². The summed E-state index contributed by atoms with van der Waals surface area (Å²) in [7, 11) is 0. The summed E-state index contributed by atoms with van der Waals surface area (Å²) >= 11 is 0. The van der Waals surface area contributed by atoms with Gasteiger partial charge in [0.2, 0.25) is 0 Å². The van der Waals surface area contributed by atoms with E-state index in [2.05, 4.69) is 89.4 Å². The first-order valence-corrected chi connectivity index (χ1v) is 9.83. The van der Waals surface area contributed by atoms with Gasteiger partial charge in [-0.3, -0.25) is 5.43 Å². The van der Waals surface area contributed by atoms with Crippen molar-refractivity contribution < 1.29 is 0 Å². The number of hydrazone groups is 1. The van der Waals surface area contributed by atoms with Crippen LogP contribution in [0.3, 0.4) is 0 Å². The summed E-state index contributed by atoms with van der Waals surface area (Å²) in [4.78, 5) is 0. The Labute approximate surface area is 171 Å². The van der Waals surface area contributed by atoms with Gasteiger partial charge in [-0.15, -0.1) is 5.10 Å². The van der Waals surface area contributed by atoms with Gasteiger partial charge < -0.3 is 0 Å². The number of rotatable bonds is 4. The lowest BCUT2D eigenvalue weighted by Gasteiger charge is -2.43. The number of anilines is 1. The van der Waals surface area contributed by atoms with Crippen LogP contribution >= 0.6 is 0 Å². The Morgan fingerprint density at radius 1 is 0.759 bits per heavy atom. The first-order chi connectivity index (χ1) is 14.4. The van der Waals surface area contributed by atoms with Crippen LogP contribution < -0.4 is 10.5 Å². The second-order valence-electron chi connectivity index (χ2n) is 7.14. The van der Waals surface area contributed by atoms with E-state index in [9.17, 15) is 0 Å². The quantitative estimate of drug-likeness (QED) is 0.693. The van der Waals surface area contributed by atoms with Gasteiger partial charge in [0.15, 0.2) is 5.84 Å². The van der Waals surface area contributed by atoms with Crippen LogP contribution in [0.4, 0.5) is 5.69 Å². The highest BCUT2D eigenvalue weighted by molar-refractivity contribution is 6.00. The fraction of sp³-hybridized carbons (Fsp3) is 0.0800. The summed E-state index contributed by atoms with van der Waals surface area (Å²) in [6.45, 7) is 0. The van der Waals surface area contributed by atoms with Gasteiger partial charge in [0.25, 0.3) is 0 Å². The highest BCUT2D eigenvalue weighted by Crippen LogP contribution is 2.39. The number of allylic oxidation sites excluding steroid dienone is 2. The smallest absolute Gasteiger partial charge is 0.171 e. The molecule has 0 amide bonds. The number of para-hydroxylation sites is 1. The van der Waals surface area contributed by atoms with E-state index < -0.39 is 5.54 Å². The van der Waals surface area contributed by atoms with Crippen LogP contribution in [0.25, 0.3) is 0 Å². The van der Waals surface area contributed by atoms with Gasteiger partial charge in [-0.1, -0.05) is 108 Å². The average molecular weight is 378 g/mol. The Morgan fingerprint density at radius 3 is 2.07 bits per heavy atom. The highest BCUT2D eigenvalue weighted by atomic mass is 16.0. The molecule has 1 aliphatic carbocycles. The largest absolute Gasteiger partial charge is 0.280 e. The molecule has 0 saturated heterocycles. The van der Waals surface area contributed by atoms with Crippen LogP contribution in [-0.4, -0.2) is 11.0 Å². The summed E-state index contributed by atoms with van der Waals surface area (Å²) < 4.78 is 0. The summed E-state index contributed by atoms with van der Waals surface area (Å²) in [5.74, 6) is 0.827. The van der Waals surface area contributed by atoms with E-state index in [1.807, 2.05) is 41.5 Å². The minimum Gasteiger partial charge on any atom is -0.280 e. The molecule has 29 heavy (non-hydrogen) atoms. The van der Waals surface area contributed by atoms with Crippen molar-refractivity contribution in [2.75, 3.05) is 5.12 Å². The molecule has 0 unspecified atom stereocenters. The summed E-state index contributed by atoms with van der Waals surface area (Å²) in [6.07, 6.45) is 9.50. The van der Waals surface area contributed by atoms with Gasteiger partial charge in [-0.2, -0.15) is 5.12 Å². The van der Waals surface area contributed by atoms with Crippen LogP contribution in [0.1, 0.15) is 17.5 Å². The van der Waals surface area contributed by atoms with Crippen molar-refractivity contribution in [1.29, 1.82) is 0 Å². The van der Waals surface area contributed by atoms with Gasteiger partial charge in [0, 0.05) is 5.56 Å². The molecular formula is C25H22N4. The maximum Gasteiger partial charge on any atom is 0.171 e. The molecule has 1 aliphatic heterocycles. The lowest BCUT2D eigenvalue weighted by molar-refractivity contribution is 0.0965. The van der Waals surface area contributed by atoms with Gasteiger partial charge in [-0.25, -0.2) is 0 Å². The first kappa shape index (κ1) is 17.5. The van der Waals surface area contributed by atoms with Crippen molar-refractivity contribution in [3.63, 3.8) is 0 Å². The number of hydrogen-bond donors (Lipinski definition) is 1. The van der Waals surface area contributed by atoms with E-state index >= 15 is 0 Å². The zero-order valence-electron chi connectivity index (χ0n) is 16.0. The van der Waals surface area contributed by atoms with E-state index in [4.69, 9.17) is 5.10 Å². The molecule has 142 valence electrons. The lowest BCUT2D eigenvalue weighted by Crippen LogP contribution is -2.57. The minimum atomic E-state index is -0.397. The molecule has 0 radical (unpaired) electrons. The van der Waals surface area contributed by atoms with Crippen molar-refractivity contribution >= 4 is 11.5 Å². The zero-order valence-corrected chi connectivity index (χ0v) is 16.0. The van der Waals surface area contributed by atoms with E-state index in [1.54, 1.807) is 0 Å². The summed E-state index contributed by atoms with van der Waals surface area (Å²) in [5, 5.41) is 9.07. The van der Waals surface area contributed by atoms with E-state index in [0.717, 1.165) is 23.5 Å². The molecule has 2 aliphatic rings. The van der Waals surface area contributed by atoms with Crippen molar-refractivity contribution in [3.05, 3.63) is 126 Å². The average Bonchev–Trinajstić information content (AvgIpc) is 3.27. The molecule has 1 heterocycles. The molecule has 0 aromatic heterocycles. The molecular weight excluding hydrogens is 356 g/mol. The van der Waals surface area contributed by atoms with Gasteiger partial charge >= 0.3 is 0 Å². The van der Waals surface area contributed by atoms with E-state index in [1.165, 1.54) is 5.56 Å². The summed E-state index contributed by atoms with van der Waals surface area (Å²) in [6, 6.07) is 31.1. The molecule has 0 fully saturated rings. The normalized spacial score (nSPS) is 21.1. The fourth-order valence-electron chi connectivity index (χ4n) is 3.86. The number of hydrazine groups is 2. The molecule has 5 rings (SSSR count). The van der Waals surface area contributed by atoms with Crippen LogP contribution in [0.2, 0.25) is 0 Å². The van der Waals surface area contributed by atoms with Gasteiger partial charge in [0.1, 0.15) is 5.54 Å². The Morgan fingerprint density at radius 2 is 1.41 bits per heavy atom. The number of hydrogen-bond acceptors (Lipinski definition) is 4. The molecule has 4 nitrogen and oxygen atoms in total. The van der Waals surface area contributed by atoms with Gasteiger partial charge in [0.05, 0.1) is 5.69 Å². The Hall–Kier alpha value is -3.63. The Kier molecular flexibility index (Phi) is 4.47. The third-order valence-corrected chi connectivity index (χ3v) is 5.33. The second kappa shape index (κ2) is 7.41. The minimum absolute atomic E-state index is 0.397. The number of amidine groups is 1. The van der Waals surface area contributed by atoms with E-state index in [0.29, 0.717) is 0 Å². The maximum absolute atomic E-state index is 4.96. The molecule has 0 bridgehead atoms. The first-order valence-electron chi connectivity index (χ1n) is 9.83. The molecule has 3 aromatic carbocycles. The standard InChI is InChI=1S/C25H22N4/c1-5-13-21(14-6-1)24-26-28(23-17-9-3-10-18-23)29(27-24)25(19-11-4-12-20-25)22-15-7-2-8-16-22/h1-19H,20H2,(H,26,27)/t25-/m1/s1. The molecule has 1 N–H and O–H groups in total. The SMILES string of the molecule is C1=CC[C@](c2ccccc2)(N2NC(c3ccccc3)=NN2c2ccccc2)C=C1. The fourth-order valence-corrected chi connectivity index (χ4v) is 3.86. The molecule has 0 saturated carbocycles. The number of nitrogens with one attached hydrogen (secondary N) is 1. The topological polar surface area (TPSA) is 30.9 Å². The van der Waals surface area contributed by atoms with E-state index in [-0.39, 0.29) is 0 Å². The Bertz CT molecular complexity index is 1060. The monoisotopic (exact) mass is 378 g/mol. The van der Waals surface area contributed by atoms with Crippen molar-refractivity contribution in [2.24, 2.45) is 5.10 Å². The molecule has 4 heteroatoms. The third-order valence-electron chi connectivity index (χ3n) is 5.33. The maximum atomic E-state index is 4.96. The second-order valence-corrected chi connectivity index (χ2v) is 7.14. The molecule has 0 spiro atoms. The van der Waals surface area contributed by atoms with Crippen molar-refractivity contribution in [1.82, 2.24) is 10.5 Å².